The number of carbonyl (C=O) groups excluding carboxylic acids is 1. The highest BCUT2D eigenvalue weighted by Crippen LogP contribution is 2.33. The zero-order valence-electron chi connectivity index (χ0n) is 17.0. The Hall–Kier alpha value is -2.97. The summed E-state index contributed by atoms with van der Waals surface area (Å²) < 4.78 is 5.71. The minimum absolute atomic E-state index is 0.101. The first-order valence-corrected chi connectivity index (χ1v) is 10.3. The summed E-state index contributed by atoms with van der Waals surface area (Å²) in [6, 6.07) is 11.7. The molecule has 0 unspecified atom stereocenters. The Bertz CT molecular complexity index is 970. The Morgan fingerprint density at radius 2 is 2.07 bits per heavy atom. The van der Waals surface area contributed by atoms with Gasteiger partial charge in [-0.2, -0.15) is 0 Å². The summed E-state index contributed by atoms with van der Waals surface area (Å²) in [6.45, 7) is 5.01. The summed E-state index contributed by atoms with van der Waals surface area (Å²) in [5, 5.41) is 0. The van der Waals surface area contributed by atoms with Crippen molar-refractivity contribution in [1.82, 2.24) is 15.4 Å². The molecule has 0 saturated carbocycles. The van der Waals surface area contributed by atoms with Crippen molar-refractivity contribution in [1.29, 1.82) is 0 Å². The highest BCUT2D eigenvalue weighted by Gasteiger charge is 2.41. The maximum atomic E-state index is 13.0. The van der Waals surface area contributed by atoms with Crippen LogP contribution in [0.25, 0.3) is 0 Å². The lowest BCUT2D eigenvalue weighted by Gasteiger charge is -2.37. The molecule has 1 aromatic carbocycles. The zero-order chi connectivity index (χ0) is 20.6. The largest absolute Gasteiger partial charge is 0.490 e. The number of amides is 1. The first kappa shape index (κ1) is 19.0. The van der Waals surface area contributed by atoms with Crippen LogP contribution in [0.2, 0.25) is 0 Å². The number of fused-ring (bicyclic) bond motifs is 1. The van der Waals surface area contributed by atoms with E-state index in [4.69, 9.17) is 14.6 Å². The van der Waals surface area contributed by atoms with Crippen molar-refractivity contribution in [2.75, 3.05) is 37.7 Å². The molecular formula is C22H25N5O3. The number of nitrogens with one attached hydrogen (secondary N) is 1. The van der Waals surface area contributed by atoms with Gasteiger partial charge in [0, 0.05) is 32.1 Å². The number of ether oxygens (including phenoxy) is 1. The van der Waals surface area contributed by atoms with Crippen LogP contribution in [-0.4, -0.2) is 60.1 Å². The number of anilines is 1. The molecule has 1 saturated heterocycles. The first-order valence-electron chi connectivity index (χ1n) is 10.3. The van der Waals surface area contributed by atoms with Crippen LogP contribution in [0.15, 0.2) is 47.6 Å². The van der Waals surface area contributed by atoms with Crippen LogP contribution in [0.1, 0.15) is 24.1 Å². The third-order valence-electron chi connectivity index (χ3n) is 5.84. The van der Waals surface area contributed by atoms with Crippen molar-refractivity contribution < 1.29 is 14.4 Å². The van der Waals surface area contributed by atoms with Gasteiger partial charge >= 0.3 is 0 Å². The predicted octanol–water partition coefficient (Wildman–Crippen LogP) is 1.89. The lowest BCUT2D eigenvalue weighted by Crippen LogP contribution is -2.49. The van der Waals surface area contributed by atoms with Crippen LogP contribution >= 0.6 is 0 Å². The predicted molar refractivity (Wildman–Crippen MR) is 112 cm³/mol. The molecule has 1 amide bonds. The Kier molecular flexibility index (Phi) is 4.88. The van der Waals surface area contributed by atoms with Gasteiger partial charge in [0.2, 0.25) is 5.91 Å². The van der Waals surface area contributed by atoms with Crippen LogP contribution in [-0.2, 0) is 9.63 Å². The Morgan fingerprint density at radius 3 is 2.87 bits per heavy atom. The molecule has 1 fully saturated rings. The molecule has 0 atom stereocenters. The van der Waals surface area contributed by atoms with Crippen LogP contribution in [0.4, 0.5) is 5.69 Å². The summed E-state index contributed by atoms with van der Waals surface area (Å²) >= 11 is 0. The van der Waals surface area contributed by atoms with E-state index in [9.17, 15) is 4.79 Å². The fourth-order valence-electron chi connectivity index (χ4n) is 4.14. The highest BCUT2D eigenvalue weighted by atomic mass is 16.7. The smallest absolute Gasteiger partial charge is 0.241 e. The zero-order valence-corrected chi connectivity index (χ0v) is 17.0. The summed E-state index contributed by atoms with van der Waals surface area (Å²) in [4.78, 5) is 32.0. The third-order valence-corrected chi connectivity index (χ3v) is 5.84. The van der Waals surface area contributed by atoms with E-state index < -0.39 is 5.72 Å². The van der Waals surface area contributed by atoms with Crippen LogP contribution in [0.5, 0.6) is 5.75 Å². The average molecular weight is 407 g/mol. The Morgan fingerprint density at radius 1 is 1.20 bits per heavy atom. The van der Waals surface area contributed by atoms with Gasteiger partial charge in [-0.1, -0.05) is 12.1 Å². The van der Waals surface area contributed by atoms with Gasteiger partial charge in [-0.3, -0.25) is 14.7 Å². The molecule has 0 bridgehead atoms. The maximum absolute atomic E-state index is 13.0. The van der Waals surface area contributed by atoms with Gasteiger partial charge in [0.15, 0.2) is 11.6 Å². The number of rotatable bonds is 3. The van der Waals surface area contributed by atoms with Crippen LogP contribution < -0.4 is 15.1 Å². The number of piperidine rings is 1. The van der Waals surface area contributed by atoms with Crippen molar-refractivity contribution in [3.8, 4) is 5.75 Å². The number of aryl methyl sites for hydroxylation is 1. The number of pyridine rings is 1. The quantitative estimate of drug-likeness (QED) is 0.837. The van der Waals surface area contributed by atoms with E-state index in [1.807, 2.05) is 48.2 Å². The molecule has 3 aliphatic rings. The molecule has 30 heavy (non-hydrogen) atoms. The number of carbonyl (C=O) groups is 1. The normalized spacial score (nSPS) is 20.3. The number of hydrogen-bond donors (Lipinski definition) is 1. The van der Waals surface area contributed by atoms with E-state index in [0.29, 0.717) is 25.5 Å². The van der Waals surface area contributed by atoms with Gasteiger partial charge in [-0.05, 0) is 36.8 Å². The summed E-state index contributed by atoms with van der Waals surface area (Å²) in [5.74, 6) is 1.55. The number of hydroxylamine groups is 1. The SMILES string of the molecule is Cc1ccc2c(c1)N(C(=O)CN1CCC3(CC1)N=C(c1ccccn1)NO3)CCO2. The number of hydrogen-bond acceptors (Lipinski definition) is 7. The number of benzene rings is 1. The number of likely N-dealkylation sites (tertiary alicyclic amines) is 1. The van der Waals surface area contributed by atoms with Crippen molar-refractivity contribution in [3.05, 3.63) is 53.9 Å². The molecule has 8 nitrogen and oxygen atoms in total. The van der Waals surface area contributed by atoms with Crippen LogP contribution in [0.3, 0.4) is 0 Å². The molecule has 0 aliphatic carbocycles. The van der Waals surface area contributed by atoms with Crippen LogP contribution in [0, 0.1) is 6.92 Å². The van der Waals surface area contributed by atoms with E-state index >= 15 is 0 Å². The Balaban J connectivity index is 1.22. The summed E-state index contributed by atoms with van der Waals surface area (Å²) in [6.07, 6.45) is 3.19. The molecule has 8 heteroatoms. The monoisotopic (exact) mass is 407 g/mol. The van der Waals surface area contributed by atoms with E-state index in [0.717, 1.165) is 48.6 Å². The topological polar surface area (TPSA) is 79.3 Å². The van der Waals surface area contributed by atoms with E-state index in [1.54, 1.807) is 6.20 Å². The summed E-state index contributed by atoms with van der Waals surface area (Å²) in [5.41, 5.74) is 5.12. The fourth-order valence-corrected chi connectivity index (χ4v) is 4.14. The van der Waals surface area contributed by atoms with Crippen molar-refractivity contribution in [3.63, 3.8) is 0 Å². The molecule has 1 aromatic heterocycles. The number of aliphatic imine (C=N–C) groups is 1. The number of amidine groups is 1. The molecule has 1 spiro atoms. The Labute approximate surface area is 175 Å². The fraction of sp³-hybridized carbons (Fsp3) is 0.409. The highest BCUT2D eigenvalue weighted by molar-refractivity contribution is 5.97. The second-order valence-electron chi connectivity index (χ2n) is 7.97. The van der Waals surface area contributed by atoms with Crippen molar-refractivity contribution >= 4 is 17.4 Å². The average Bonchev–Trinajstić information content (AvgIpc) is 3.19. The van der Waals surface area contributed by atoms with Gasteiger partial charge in [0.1, 0.15) is 18.1 Å². The second kappa shape index (κ2) is 7.70. The summed E-state index contributed by atoms with van der Waals surface area (Å²) in [7, 11) is 0. The first-order chi connectivity index (χ1) is 14.6. The van der Waals surface area contributed by atoms with Gasteiger partial charge < -0.3 is 9.64 Å². The van der Waals surface area contributed by atoms with E-state index in [1.165, 1.54) is 0 Å². The molecule has 3 aliphatic heterocycles. The van der Waals surface area contributed by atoms with Gasteiger partial charge in [-0.15, -0.1) is 0 Å². The van der Waals surface area contributed by atoms with Gasteiger partial charge in [0.25, 0.3) is 0 Å². The lowest BCUT2D eigenvalue weighted by molar-refractivity contribution is -0.123. The minimum atomic E-state index is -0.574. The van der Waals surface area contributed by atoms with Gasteiger partial charge in [0.05, 0.1) is 18.8 Å². The lowest BCUT2D eigenvalue weighted by atomic mass is 10.0. The van der Waals surface area contributed by atoms with Crippen molar-refractivity contribution in [2.45, 2.75) is 25.5 Å². The van der Waals surface area contributed by atoms with E-state index in [-0.39, 0.29) is 5.91 Å². The second-order valence-corrected chi connectivity index (χ2v) is 7.97. The molecule has 2 aromatic rings. The van der Waals surface area contributed by atoms with Crippen molar-refractivity contribution in [2.24, 2.45) is 4.99 Å². The van der Waals surface area contributed by atoms with E-state index in [2.05, 4.69) is 15.4 Å². The number of nitrogens with zero attached hydrogens (tertiary/aromatic N) is 4. The molecule has 4 heterocycles. The molecular weight excluding hydrogens is 382 g/mol. The molecule has 156 valence electrons. The molecule has 1 N–H and O–H groups in total. The molecule has 0 radical (unpaired) electrons. The maximum Gasteiger partial charge on any atom is 0.241 e. The van der Waals surface area contributed by atoms with Gasteiger partial charge in [-0.25, -0.2) is 15.3 Å². The third kappa shape index (κ3) is 3.64. The minimum Gasteiger partial charge on any atom is -0.490 e. The standard InChI is InChI=1S/C22H25N5O3/c1-16-5-6-19-18(14-16)27(12-13-29-19)20(28)15-26-10-7-22(8-11-26)24-21(25-30-22)17-4-2-3-9-23-17/h2-6,9,14H,7-8,10-13,15H2,1H3,(H,24,25). The molecule has 5 rings (SSSR count). The number of aromatic nitrogens is 1.